The topological polar surface area (TPSA) is 85.9 Å². The van der Waals surface area contributed by atoms with Gasteiger partial charge in [0.25, 0.3) is 0 Å². The van der Waals surface area contributed by atoms with Crippen molar-refractivity contribution in [1.82, 2.24) is 9.97 Å². The Morgan fingerprint density at radius 1 is 1.17 bits per heavy atom. The van der Waals surface area contributed by atoms with E-state index in [2.05, 4.69) is 9.97 Å². The zero-order valence-corrected chi connectivity index (χ0v) is 11.2. The summed E-state index contributed by atoms with van der Waals surface area (Å²) in [5.74, 6) is 0. The maximum Gasteiger partial charge on any atom is 0.241 e. The van der Waals surface area contributed by atoms with Gasteiger partial charge in [0, 0.05) is 18.0 Å². The molecule has 2 aromatic rings. The van der Waals surface area contributed by atoms with Crippen molar-refractivity contribution in [1.29, 1.82) is 0 Å². The van der Waals surface area contributed by atoms with Gasteiger partial charge in [-0.2, -0.15) is 0 Å². The third kappa shape index (κ3) is 2.78. The van der Waals surface area contributed by atoms with E-state index in [1.807, 2.05) is 0 Å². The van der Waals surface area contributed by atoms with Crippen LogP contribution >= 0.6 is 23.2 Å². The summed E-state index contributed by atoms with van der Waals surface area (Å²) >= 11 is 11.6. The number of halogens is 2. The van der Waals surface area contributed by atoms with Crippen molar-refractivity contribution in [3.63, 3.8) is 0 Å². The van der Waals surface area contributed by atoms with Crippen molar-refractivity contribution >= 4 is 33.2 Å². The van der Waals surface area contributed by atoms with Crippen LogP contribution in [0.1, 0.15) is 0 Å². The lowest BCUT2D eigenvalue weighted by Crippen LogP contribution is -2.13. The summed E-state index contributed by atoms with van der Waals surface area (Å²) in [5, 5.41) is 5.24. The molecule has 18 heavy (non-hydrogen) atoms. The van der Waals surface area contributed by atoms with E-state index in [9.17, 15) is 8.42 Å². The van der Waals surface area contributed by atoms with Crippen molar-refractivity contribution in [2.75, 3.05) is 0 Å². The van der Waals surface area contributed by atoms with Crippen molar-refractivity contribution in [3.8, 4) is 11.3 Å². The number of sulfonamides is 1. The quantitative estimate of drug-likeness (QED) is 0.861. The van der Waals surface area contributed by atoms with E-state index in [1.54, 1.807) is 12.3 Å². The Morgan fingerprint density at radius 3 is 2.44 bits per heavy atom. The highest BCUT2D eigenvalue weighted by molar-refractivity contribution is 7.89. The number of pyridine rings is 2. The Labute approximate surface area is 114 Å². The zero-order chi connectivity index (χ0) is 13.3. The molecule has 0 bridgehead atoms. The highest BCUT2D eigenvalue weighted by Gasteiger charge is 2.15. The molecule has 0 spiro atoms. The largest absolute Gasteiger partial charge is 0.262 e. The number of primary sulfonamides is 1. The predicted octanol–water partition coefficient (Wildman–Crippen LogP) is 2.10. The third-order valence-corrected chi connectivity index (χ3v) is 3.67. The molecular weight excluding hydrogens is 297 g/mol. The van der Waals surface area contributed by atoms with Crippen LogP contribution in [0.2, 0.25) is 10.2 Å². The lowest BCUT2D eigenvalue weighted by Gasteiger charge is -2.04. The van der Waals surface area contributed by atoms with Gasteiger partial charge in [-0.3, -0.25) is 4.98 Å². The molecule has 0 amide bonds. The maximum absolute atomic E-state index is 11.2. The summed E-state index contributed by atoms with van der Waals surface area (Å²) in [6, 6.07) is 4.42. The number of nitrogens with zero attached hydrogens (tertiary/aromatic N) is 2. The summed E-state index contributed by atoms with van der Waals surface area (Å²) in [4.78, 5) is 7.64. The standard InChI is InChI=1S/C10H7Cl2N3O2S/c11-7-3-6(4-14-5-7)8-1-2-9(10(12)15-8)18(13,16)17/h1-5H,(H2,13,16,17). The van der Waals surface area contributed by atoms with E-state index in [-0.39, 0.29) is 10.0 Å². The Bertz CT molecular complexity index is 704. The van der Waals surface area contributed by atoms with Crippen LogP contribution in [-0.2, 0) is 10.0 Å². The minimum Gasteiger partial charge on any atom is -0.262 e. The van der Waals surface area contributed by atoms with Gasteiger partial charge in [0.05, 0.1) is 10.7 Å². The van der Waals surface area contributed by atoms with Crippen LogP contribution in [0.5, 0.6) is 0 Å². The van der Waals surface area contributed by atoms with Gasteiger partial charge in [-0.1, -0.05) is 23.2 Å². The fourth-order valence-electron chi connectivity index (χ4n) is 1.35. The summed E-state index contributed by atoms with van der Waals surface area (Å²) in [7, 11) is -3.88. The first-order valence-corrected chi connectivity index (χ1v) is 6.98. The fourth-order valence-corrected chi connectivity index (χ4v) is 2.54. The minimum absolute atomic E-state index is 0.185. The van der Waals surface area contributed by atoms with E-state index >= 15 is 0 Å². The molecule has 0 saturated carbocycles. The van der Waals surface area contributed by atoms with Crippen LogP contribution in [0.15, 0.2) is 35.5 Å². The Hall–Kier alpha value is -1.21. The van der Waals surface area contributed by atoms with Crippen LogP contribution in [0.25, 0.3) is 11.3 Å². The van der Waals surface area contributed by atoms with E-state index in [0.29, 0.717) is 16.3 Å². The molecule has 2 rings (SSSR count). The highest BCUT2D eigenvalue weighted by Crippen LogP contribution is 2.24. The molecule has 0 aliphatic rings. The summed E-state index contributed by atoms with van der Waals surface area (Å²) in [5.41, 5.74) is 1.09. The zero-order valence-electron chi connectivity index (χ0n) is 8.84. The van der Waals surface area contributed by atoms with E-state index < -0.39 is 10.0 Å². The average molecular weight is 304 g/mol. The molecule has 0 radical (unpaired) electrons. The molecule has 0 saturated heterocycles. The van der Waals surface area contributed by atoms with Crippen LogP contribution in [0.3, 0.4) is 0 Å². The normalized spacial score (nSPS) is 11.5. The molecule has 2 N–H and O–H groups in total. The second-order valence-electron chi connectivity index (χ2n) is 3.42. The van der Waals surface area contributed by atoms with Crippen molar-refractivity contribution < 1.29 is 8.42 Å². The molecule has 8 heteroatoms. The summed E-state index contributed by atoms with van der Waals surface area (Å²) in [6.07, 6.45) is 3.02. The molecule has 2 heterocycles. The number of hydrogen-bond acceptors (Lipinski definition) is 4. The van der Waals surface area contributed by atoms with Crippen LogP contribution in [0, 0.1) is 0 Å². The first kappa shape index (κ1) is 13.2. The van der Waals surface area contributed by atoms with Gasteiger partial charge in [0.15, 0.2) is 0 Å². The number of rotatable bonds is 2. The Kier molecular flexibility index (Phi) is 3.54. The molecule has 5 nitrogen and oxygen atoms in total. The van der Waals surface area contributed by atoms with Gasteiger partial charge in [-0.05, 0) is 18.2 Å². The van der Waals surface area contributed by atoms with Crippen molar-refractivity contribution in [2.24, 2.45) is 5.14 Å². The lowest BCUT2D eigenvalue weighted by atomic mass is 10.2. The fraction of sp³-hybridized carbons (Fsp3) is 0. The lowest BCUT2D eigenvalue weighted by molar-refractivity contribution is 0.597. The van der Waals surface area contributed by atoms with E-state index in [4.69, 9.17) is 28.3 Å². The number of nitrogens with two attached hydrogens (primary N) is 1. The van der Waals surface area contributed by atoms with Gasteiger partial charge < -0.3 is 0 Å². The molecule has 94 valence electrons. The number of aromatic nitrogens is 2. The monoisotopic (exact) mass is 303 g/mol. The van der Waals surface area contributed by atoms with E-state index in [1.165, 1.54) is 18.3 Å². The van der Waals surface area contributed by atoms with Gasteiger partial charge >= 0.3 is 0 Å². The smallest absolute Gasteiger partial charge is 0.241 e. The predicted molar refractivity (Wildman–Crippen MR) is 68.9 cm³/mol. The number of hydrogen-bond donors (Lipinski definition) is 1. The molecule has 0 aliphatic carbocycles. The first-order chi connectivity index (χ1) is 8.38. The van der Waals surface area contributed by atoms with Gasteiger partial charge in [0.2, 0.25) is 10.0 Å². The highest BCUT2D eigenvalue weighted by atomic mass is 35.5. The summed E-state index contributed by atoms with van der Waals surface area (Å²) < 4.78 is 22.4. The molecular formula is C10H7Cl2N3O2S. The Morgan fingerprint density at radius 2 is 1.89 bits per heavy atom. The Balaban J connectivity index is 2.53. The molecule has 2 aromatic heterocycles. The third-order valence-electron chi connectivity index (χ3n) is 2.12. The van der Waals surface area contributed by atoms with Gasteiger partial charge in [0.1, 0.15) is 10.0 Å². The van der Waals surface area contributed by atoms with Crippen LogP contribution in [0.4, 0.5) is 0 Å². The van der Waals surface area contributed by atoms with Gasteiger partial charge in [-0.15, -0.1) is 0 Å². The maximum atomic E-state index is 11.2. The van der Waals surface area contributed by atoms with Crippen LogP contribution in [-0.4, -0.2) is 18.4 Å². The average Bonchev–Trinajstić information content (AvgIpc) is 2.27. The second kappa shape index (κ2) is 4.81. The minimum atomic E-state index is -3.88. The molecule has 0 aromatic carbocycles. The SMILES string of the molecule is NS(=O)(=O)c1ccc(-c2cncc(Cl)c2)nc1Cl. The second-order valence-corrected chi connectivity index (χ2v) is 5.75. The van der Waals surface area contributed by atoms with E-state index in [0.717, 1.165) is 0 Å². The van der Waals surface area contributed by atoms with Crippen molar-refractivity contribution in [2.45, 2.75) is 4.90 Å². The molecule has 0 unspecified atom stereocenters. The first-order valence-electron chi connectivity index (χ1n) is 4.68. The molecule has 0 aliphatic heterocycles. The van der Waals surface area contributed by atoms with Gasteiger partial charge in [-0.25, -0.2) is 18.5 Å². The van der Waals surface area contributed by atoms with Crippen molar-refractivity contribution in [3.05, 3.63) is 40.8 Å². The summed E-state index contributed by atoms with van der Waals surface area (Å²) in [6.45, 7) is 0. The van der Waals surface area contributed by atoms with Crippen LogP contribution < -0.4 is 5.14 Å². The molecule has 0 atom stereocenters. The molecule has 0 fully saturated rings.